The first-order chi connectivity index (χ1) is 10.8. The van der Waals surface area contributed by atoms with Crippen molar-refractivity contribution in [2.24, 2.45) is 0 Å². The normalized spacial score (nSPS) is 17.1. The van der Waals surface area contributed by atoms with Gasteiger partial charge in [-0.3, -0.25) is 19.3 Å². The molecule has 7 heteroatoms. The molecule has 1 aliphatic rings. The zero-order valence-corrected chi connectivity index (χ0v) is 13.9. The Labute approximate surface area is 135 Å². The summed E-state index contributed by atoms with van der Waals surface area (Å²) in [6.07, 6.45) is 4.26. The molecule has 0 saturated carbocycles. The molecule has 1 aromatic rings. The first kappa shape index (κ1) is 16.9. The lowest BCUT2D eigenvalue weighted by Gasteiger charge is -2.25. The van der Waals surface area contributed by atoms with Crippen molar-refractivity contribution in [3.8, 4) is 0 Å². The maximum absolute atomic E-state index is 12.3. The van der Waals surface area contributed by atoms with Crippen LogP contribution in [0, 0.1) is 0 Å². The highest BCUT2D eigenvalue weighted by atomic mass is 16.2. The molecule has 124 valence electrons. The molecule has 0 radical (unpaired) electrons. The van der Waals surface area contributed by atoms with Crippen LogP contribution in [0.3, 0.4) is 0 Å². The van der Waals surface area contributed by atoms with E-state index in [1.165, 1.54) is 6.92 Å². The number of amides is 3. The lowest BCUT2D eigenvalue weighted by Crippen LogP contribution is -2.51. The summed E-state index contributed by atoms with van der Waals surface area (Å²) in [4.78, 5) is 40.8. The van der Waals surface area contributed by atoms with Crippen molar-refractivity contribution in [2.45, 2.75) is 46.6 Å². The molecule has 0 atom stereocenters. The van der Waals surface area contributed by atoms with Crippen LogP contribution in [-0.2, 0) is 20.9 Å². The van der Waals surface area contributed by atoms with Crippen LogP contribution >= 0.6 is 0 Å². The van der Waals surface area contributed by atoms with E-state index in [2.05, 4.69) is 21.8 Å². The van der Waals surface area contributed by atoms with Crippen molar-refractivity contribution in [3.05, 3.63) is 23.4 Å². The average Bonchev–Trinajstić information content (AvgIpc) is 2.85. The van der Waals surface area contributed by atoms with E-state index >= 15 is 0 Å². The first-order valence-electron chi connectivity index (χ1n) is 7.74. The fourth-order valence-corrected chi connectivity index (χ4v) is 2.66. The second-order valence-corrected chi connectivity index (χ2v) is 5.88. The highest BCUT2D eigenvalue weighted by Crippen LogP contribution is 2.22. The van der Waals surface area contributed by atoms with Gasteiger partial charge in [0.1, 0.15) is 12.2 Å². The molecule has 1 saturated heterocycles. The molecule has 1 N–H and O–H groups in total. The Kier molecular flexibility index (Phi) is 4.98. The van der Waals surface area contributed by atoms with Crippen LogP contribution in [0.4, 0.5) is 0 Å². The minimum Gasteiger partial charge on any atom is -0.334 e. The third kappa shape index (κ3) is 3.49. The SMILES string of the molecule is CCCn1cnc(/C=C2\NC(=O)CN(C(C)=O)C2=O)c1C(C)C. The maximum Gasteiger partial charge on any atom is 0.277 e. The zero-order valence-electron chi connectivity index (χ0n) is 13.9. The number of hydrogen-bond acceptors (Lipinski definition) is 4. The number of hydrogen-bond donors (Lipinski definition) is 1. The van der Waals surface area contributed by atoms with Gasteiger partial charge in [0.2, 0.25) is 11.8 Å². The van der Waals surface area contributed by atoms with Crippen molar-refractivity contribution in [1.82, 2.24) is 19.8 Å². The lowest BCUT2D eigenvalue weighted by atomic mass is 10.1. The van der Waals surface area contributed by atoms with Crippen molar-refractivity contribution < 1.29 is 14.4 Å². The zero-order chi connectivity index (χ0) is 17.1. The molecule has 0 unspecified atom stereocenters. The number of nitrogens with one attached hydrogen (secondary N) is 1. The van der Waals surface area contributed by atoms with E-state index in [1.807, 2.05) is 13.8 Å². The smallest absolute Gasteiger partial charge is 0.277 e. The van der Waals surface area contributed by atoms with Gasteiger partial charge in [-0.05, 0) is 18.4 Å². The molecule has 2 heterocycles. The van der Waals surface area contributed by atoms with E-state index in [0.717, 1.165) is 23.6 Å². The molecule has 0 bridgehead atoms. The average molecular weight is 318 g/mol. The number of carbonyl (C=O) groups is 3. The number of imidazole rings is 1. The summed E-state index contributed by atoms with van der Waals surface area (Å²) in [5, 5.41) is 2.54. The quantitative estimate of drug-likeness (QED) is 0.847. The van der Waals surface area contributed by atoms with Gasteiger partial charge in [0, 0.05) is 19.2 Å². The predicted octanol–water partition coefficient (Wildman–Crippen LogP) is 1.26. The van der Waals surface area contributed by atoms with Gasteiger partial charge in [0.05, 0.1) is 12.0 Å². The Bertz CT molecular complexity index is 673. The minimum absolute atomic E-state index is 0.0834. The van der Waals surface area contributed by atoms with E-state index in [4.69, 9.17) is 0 Å². The van der Waals surface area contributed by atoms with Gasteiger partial charge in [0.25, 0.3) is 5.91 Å². The second-order valence-electron chi connectivity index (χ2n) is 5.88. The van der Waals surface area contributed by atoms with E-state index in [1.54, 1.807) is 12.4 Å². The van der Waals surface area contributed by atoms with Crippen LogP contribution in [-0.4, -0.2) is 38.7 Å². The van der Waals surface area contributed by atoms with E-state index in [-0.39, 0.29) is 24.1 Å². The van der Waals surface area contributed by atoms with Crippen molar-refractivity contribution in [1.29, 1.82) is 0 Å². The highest BCUT2D eigenvalue weighted by Gasteiger charge is 2.31. The molecule has 0 aromatic carbocycles. The summed E-state index contributed by atoms with van der Waals surface area (Å²) in [5.74, 6) is -1.12. The lowest BCUT2D eigenvalue weighted by molar-refractivity contribution is -0.147. The Morgan fingerprint density at radius 1 is 1.43 bits per heavy atom. The fraction of sp³-hybridized carbons (Fsp3) is 0.500. The summed E-state index contributed by atoms with van der Waals surface area (Å²) in [6, 6.07) is 0. The summed E-state index contributed by atoms with van der Waals surface area (Å²) in [5.41, 5.74) is 1.73. The van der Waals surface area contributed by atoms with Gasteiger partial charge in [-0.25, -0.2) is 4.98 Å². The molecule has 7 nitrogen and oxygen atoms in total. The van der Waals surface area contributed by atoms with E-state index in [9.17, 15) is 14.4 Å². The Balaban J connectivity index is 2.42. The van der Waals surface area contributed by atoms with Gasteiger partial charge in [-0.1, -0.05) is 20.8 Å². The van der Waals surface area contributed by atoms with Gasteiger partial charge in [-0.2, -0.15) is 0 Å². The number of carbonyl (C=O) groups excluding carboxylic acids is 3. The van der Waals surface area contributed by atoms with Crippen LogP contribution in [0.1, 0.15) is 51.4 Å². The third-order valence-corrected chi connectivity index (χ3v) is 3.63. The predicted molar refractivity (Wildman–Crippen MR) is 85.1 cm³/mol. The van der Waals surface area contributed by atoms with Crippen molar-refractivity contribution in [2.75, 3.05) is 6.54 Å². The molecule has 1 aromatic heterocycles. The summed E-state index contributed by atoms with van der Waals surface area (Å²) >= 11 is 0. The molecule has 2 rings (SSSR count). The van der Waals surface area contributed by atoms with Crippen LogP contribution in [0.2, 0.25) is 0 Å². The number of aryl methyl sites for hydroxylation is 1. The monoisotopic (exact) mass is 318 g/mol. The van der Waals surface area contributed by atoms with Crippen LogP contribution in [0.5, 0.6) is 0 Å². The number of imide groups is 1. The standard InChI is InChI=1S/C16H22N4O3/c1-5-6-19-9-17-12(15(19)10(2)3)7-13-16(23)20(11(4)21)8-14(22)18-13/h7,9-10H,5-6,8H2,1-4H3,(H,18,22)/b13-7-. The van der Waals surface area contributed by atoms with Gasteiger partial charge in [0.15, 0.2) is 0 Å². The van der Waals surface area contributed by atoms with Crippen LogP contribution < -0.4 is 5.32 Å². The highest BCUT2D eigenvalue weighted by molar-refractivity contribution is 6.12. The van der Waals surface area contributed by atoms with Crippen LogP contribution in [0.15, 0.2) is 12.0 Å². The summed E-state index contributed by atoms with van der Waals surface area (Å²) in [6.45, 7) is 8.04. The maximum atomic E-state index is 12.3. The molecule has 0 spiro atoms. The molecule has 1 fully saturated rings. The molecular formula is C16H22N4O3. The Morgan fingerprint density at radius 3 is 2.70 bits per heavy atom. The van der Waals surface area contributed by atoms with Gasteiger partial charge >= 0.3 is 0 Å². The molecule has 1 aliphatic heterocycles. The second kappa shape index (κ2) is 6.76. The molecule has 3 amide bonds. The Hall–Kier alpha value is -2.44. The largest absolute Gasteiger partial charge is 0.334 e. The number of rotatable bonds is 4. The number of aromatic nitrogens is 2. The number of piperazine rings is 1. The van der Waals surface area contributed by atoms with Gasteiger partial charge in [-0.15, -0.1) is 0 Å². The molecular weight excluding hydrogens is 296 g/mol. The number of nitrogens with zero attached hydrogens (tertiary/aromatic N) is 3. The molecule has 23 heavy (non-hydrogen) atoms. The van der Waals surface area contributed by atoms with Gasteiger partial charge < -0.3 is 9.88 Å². The minimum atomic E-state index is -0.503. The van der Waals surface area contributed by atoms with Crippen LogP contribution in [0.25, 0.3) is 6.08 Å². The van der Waals surface area contributed by atoms with Crippen molar-refractivity contribution in [3.63, 3.8) is 0 Å². The van der Waals surface area contributed by atoms with E-state index in [0.29, 0.717) is 5.69 Å². The molecule has 0 aliphatic carbocycles. The fourth-order valence-electron chi connectivity index (χ4n) is 2.66. The van der Waals surface area contributed by atoms with E-state index < -0.39 is 11.8 Å². The summed E-state index contributed by atoms with van der Waals surface area (Å²) in [7, 11) is 0. The third-order valence-electron chi connectivity index (χ3n) is 3.63. The topological polar surface area (TPSA) is 84.3 Å². The summed E-state index contributed by atoms with van der Waals surface area (Å²) < 4.78 is 2.05. The first-order valence-corrected chi connectivity index (χ1v) is 7.74. The Morgan fingerprint density at radius 2 is 2.13 bits per heavy atom. The van der Waals surface area contributed by atoms with Crippen molar-refractivity contribution >= 4 is 23.8 Å².